The first-order valence-corrected chi connectivity index (χ1v) is 9.17. The predicted molar refractivity (Wildman–Crippen MR) is 104 cm³/mol. The molecule has 5 nitrogen and oxygen atoms in total. The Morgan fingerprint density at radius 1 is 0.769 bits per heavy atom. The molecule has 0 unspecified atom stereocenters. The summed E-state index contributed by atoms with van der Waals surface area (Å²) < 4.78 is 0. The fourth-order valence-corrected chi connectivity index (χ4v) is 3.32. The largest absolute Gasteiger partial charge is 0.304 e. The van der Waals surface area contributed by atoms with Gasteiger partial charge in [-0.2, -0.15) is 0 Å². The van der Waals surface area contributed by atoms with Crippen molar-refractivity contribution in [3.63, 3.8) is 0 Å². The Hall–Kier alpha value is -2.66. The summed E-state index contributed by atoms with van der Waals surface area (Å²) >= 11 is 0. The maximum atomic E-state index is 13.1. The van der Waals surface area contributed by atoms with Crippen LogP contribution in [0.25, 0.3) is 0 Å². The smallest absolute Gasteiger partial charge is 0.258 e. The highest BCUT2D eigenvalue weighted by Gasteiger charge is 2.46. The van der Waals surface area contributed by atoms with Gasteiger partial charge in [0, 0.05) is 0 Å². The van der Waals surface area contributed by atoms with Crippen molar-refractivity contribution in [3.8, 4) is 0 Å². The average molecular weight is 351 g/mol. The summed E-state index contributed by atoms with van der Waals surface area (Å²) in [6.45, 7) is 6.75. The van der Waals surface area contributed by atoms with E-state index in [0.29, 0.717) is 17.8 Å². The van der Waals surface area contributed by atoms with Crippen molar-refractivity contribution >= 4 is 23.2 Å². The number of amides is 2. The molecule has 26 heavy (non-hydrogen) atoms. The summed E-state index contributed by atoms with van der Waals surface area (Å²) in [6.07, 6.45) is 0.534. The third-order valence-electron chi connectivity index (χ3n) is 4.84. The number of carbonyl (C=O) groups is 2. The molecule has 1 aliphatic rings. The second-order valence-corrected chi connectivity index (χ2v) is 6.34. The van der Waals surface area contributed by atoms with E-state index in [2.05, 4.69) is 18.7 Å². The van der Waals surface area contributed by atoms with Gasteiger partial charge in [-0.15, -0.1) is 0 Å². The van der Waals surface area contributed by atoms with E-state index >= 15 is 0 Å². The normalized spacial score (nSPS) is 15.3. The Morgan fingerprint density at radius 3 is 1.58 bits per heavy atom. The standard InChI is InChI=1S/C21H25N3O2/c1-3-22(4-2)16-15-19-20(25)23(17-11-7-5-8-12-17)24(21(19)26)18-13-9-6-10-14-18/h5-14,19H,3-4,15-16H2,1-2H3. The minimum atomic E-state index is -0.643. The van der Waals surface area contributed by atoms with Crippen molar-refractivity contribution in [3.05, 3.63) is 60.7 Å². The quantitative estimate of drug-likeness (QED) is 0.719. The number of hydrogen-bond donors (Lipinski definition) is 0. The van der Waals surface area contributed by atoms with Gasteiger partial charge >= 0.3 is 0 Å². The summed E-state index contributed by atoms with van der Waals surface area (Å²) in [4.78, 5) is 28.5. The number of para-hydroxylation sites is 2. The number of rotatable bonds is 7. The second-order valence-electron chi connectivity index (χ2n) is 6.34. The van der Waals surface area contributed by atoms with Crippen LogP contribution in [0.1, 0.15) is 20.3 Å². The van der Waals surface area contributed by atoms with Crippen LogP contribution in [0.4, 0.5) is 11.4 Å². The second kappa shape index (κ2) is 8.15. The minimum Gasteiger partial charge on any atom is -0.304 e. The molecular weight excluding hydrogens is 326 g/mol. The molecule has 5 heteroatoms. The van der Waals surface area contributed by atoms with E-state index in [1.54, 1.807) is 0 Å². The van der Waals surface area contributed by atoms with Gasteiger partial charge < -0.3 is 4.90 Å². The molecule has 0 radical (unpaired) electrons. The fraction of sp³-hybridized carbons (Fsp3) is 0.333. The van der Waals surface area contributed by atoms with E-state index in [1.807, 2.05) is 60.7 Å². The molecule has 0 aromatic heterocycles. The lowest BCUT2D eigenvalue weighted by molar-refractivity contribution is -0.127. The summed E-state index contributed by atoms with van der Waals surface area (Å²) in [5.41, 5.74) is 1.42. The van der Waals surface area contributed by atoms with Gasteiger partial charge in [-0.25, -0.2) is 10.0 Å². The minimum absolute atomic E-state index is 0.155. The van der Waals surface area contributed by atoms with E-state index < -0.39 is 5.92 Å². The lowest BCUT2D eigenvalue weighted by Gasteiger charge is -2.27. The van der Waals surface area contributed by atoms with Crippen LogP contribution in [0, 0.1) is 5.92 Å². The first kappa shape index (κ1) is 18.1. The lowest BCUT2D eigenvalue weighted by Crippen LogP contribution is -2.41. The van der Waals surface area contributed by atoms with Crippen molar-refractivity contribution < 1.29 is 9.59 Å². The Bertz CT molecular complexity index is 687. The number of nitrogens with zero attached hydrogens (tertiary/aromatic N) is 3. The van der Waals surface area contributed by atoms with Gasteiger partial charge in [0.15, 0.2) is 0 Å². The van der Waals surface area contributed by atoms with Crippen LogP contribution >= 0.6 is 0 Å². The summed E-state index contributed by atoms with van der Waals surface area (Å²) in [5, 5.41) is 3.04. The van der Waals surface area contributed by atoms with Gasteiger partial charge in [0.1, 0.15) is 5.92 Å². The van der Waals surface area contributed by atoms with Crippen LogP contribution in [0.3, 0.4) is 0 Å². The Morgan fingerprint density at radius 2 is 1.19 bits per heavy atom. The van der Waals surface area contributed by atoms with E-state index in [1.165, 1.54) is 10.0 Å². The first-order valence-electron chi connectivity index (χ1n) is 9.17. The van der Waals surface area contributed by atoms with Crippen molar-refractivity contribution in [2.24, 2.45) is 5.92 Å². The Balaban J connectivity index is 1.93. The molecule has 0 atom stereocenters. The predicted octanol–water partition coefficient (Wildman–Crippen LogP) is 3.33. The Labute approximate surface area is 154 Å². The molecule has 0 saturated carbocycles. The maximum absolute atomic E-state index is 13.1. The summed E-state index contributed by atoms with van der Waals surface area (Å²) in [6, 6.07) is 18.7. The van der Waals surface area contributed by atoms with E-state index in [4.69, 9.17) is 0 Å². The summed E-state index contributed by atoms with van der Waals surface area (Å²) in [5.74, 6) is -0.953. The van der Waals surface area contributed by atoms with Crippen LogP contribution in [-0.4, -0.2) is 36.3 Å². The highest BCUT2D eigenvalue weighted by molar-refractivity contribution is 6.23. The van der Waals surface area contributed by atoms with Gasteiger partial charge in [0.05, 0.1) is 11.4 Å². The fourth-order valence-electron chi connectivity index (χ4n) is 3.32. The molecule has 0 aliphatic carbocycles. The SMILES string of the molecule is CCN(CC)CCC1C(=O)N(c2ccccc2)N(c2ccccc2)C1=O. The number of hydrogen-bond acceptors (Lipinski definition) is 3. The molecule has 1 heterocycles. The monoisotopic (exact) mass is 351 g/mol. The topological polar surface area (TPSA) is 43.9 Å². The van der Waals surface area contributed by atoms with Gasteiger partial charge in [0.25, 0.3) is 11.8 Å². The van der Waals surface area contributed by atoms with Gasteiger partial charge in [0.2, 0.25) is 0 Å². The maximum Gasteiger partial charge on any atom is 0.258 e. The van der Waals surface area contributed by atoms with Crippen molar-refractivity contribution in [2.75, 3.05) is 29.7 Å². The van der Waals surface area contributed by atoms with Crippen molar-refractivity contribution in [2.45, 2.75) is 20.3 Å². The van der Waals surface area contributed by atoms with Crippen LogP contribution in [0.2, 0.25) is 0 Å². The summed E-state index contributed by atoms with van der Waals surface area (Å²) in [7, 11) is 0. The van der Waals surface area contributed by atoms with Crippen LogP contribution < -0.4 is 10.0 Å². The molecule has 2 aromatic carbocycles. The van der Waals surface area contributed by atoms with Crippen LogP contribution in [0.5, 0.6) is 0 Å². The molecule has 1 fully saturated rings. The number of carbonyl (C=O) groups excluding carboxylic acids is 2. The number of benzene rings is 2. The third kappa shape index (κ3) is 3.48. The first-order chi connectivity index (χ1) is 12.7. The van der Waals surface area contributed by atoms with Crippen LogP contribution in [0.15, 0.2) is 60.7 Å². The van der Waals surface area contributed by atoms with Gasteiger partial charge in [-0.3, -0.25) is 9.59 Å². The van der Waals surface area contributed by atoms with Gasteiger partial charge in [-0.05, 0) is 50.3 Å². The molecule has 0 bridgehead atoms. The molecule has 0 spiro atoms. The lowest BCUT2D eigenvalue weighted by atomic mass is 10.0. The highest BCUT2D eigenvalue weighted by Crippen LogP contribution is 2.32. The van der Waals surface area contributed by atoms with E-state index in [9.17, 15) is 9.59 Å². The molecule has 136 valence electrons. The molecular formula is C21H25N3O2. The van der Waals surface area contributed by atoms with Crippen molar-refractivity contribution in [1.82, 2.24) is 4.90 Å². The van der Waals surface area contributed by atoms with Crippen molar-refractivity contribution in [1.29, 1.82) is 0 Å². The Kier molecular flexibility index (Phi) is 5.68. The van der Waals surface area contributed by atoms with Gasteiger partial charge in [-0.1, -0.05) is 50.2 Å². The molecule has 2 amide bonds. The zero-order valence-electron chi connectivity index (χ0n) is 15.3. The highest BCUT2D eigenvalue weighted by atomic mass is 16.2. The van der Waals surface area contributed by atoms with E-state index in [0.717, 1.165) is 19.6 Å². The molecule has 0 N–H and O–H groups in total. The van der Waals surface area contributed by atoms with Crippen LogP contribution in [-0.2, 0) is 9.59 Å². The molecule has 1 saturated heterocycles. The zero-order valence-corrected chi connectivity index (χ0v) is 15.3. The number of hydrazine groups is 1. The molecule has 2 aromatic rings. The molecule has 1 aliphatic heterocycles. The average Bonchev–Trinajstić information content (AvgIpc) is 2.94. The third-order valence-corrected chi connectivity index (χ3v) is 4.84. The zero-order chi connectivity index (χ0) is 18.5. The van der Waals surface area contributed by atoms with E-state index in [-0.39, 0.29) is 11.8 Å². The molecule has 3 rings (SSSR count). The number of anilines is 2.